The van der Waals surface area contributed by atoms with Gasteiger partial charge in [-0.15, -0.1) is 0 Å². The molecule has 0 aliphatic carbocycles. The van der Waals surface area contributed by atoms with Gasteiger partial charge in [0.25, 0.3) is 0 Å². The van der Waals surface area contributed by atoms with Crippen LogP contribution in [0.2, 0.25) is 0 Å². The molecule has 0 atom stereocenters. The van der Waals surface area contributed by atoms with E-state index in [1.54, 1.807) is 7.11 Å². The highest BCUT2D eigenvalue weighted by molar-refractivity contribution is 5.98. The lowest BCUT2D eigenvalue weighted by Gasteiger charge is -2.31. The molecule has 1 fully saturated rings. The molecule has 1 aliphatic heterocycles. The van der Waals surface area contributed by atoms with Crippen LogP contribution in [0, 0.1) is 5.41 Å². The number of hydrogen-bond acceptors (Lipinski definition) is 3. The van der Waals surface area contributed by atoms with Crippen LogP contribution in [-0.4, -0.2) is 25.5 Å². The van der Waals surface area contributed by atoms with Gasteiger partial charge in [0.1, 0.15) is 0 Å². The molecule has 1 saturated heterocycles. The molecular weight excluding hydrogens is 170 g/mol. The number of amides is 2. The van der Waals surface area contributed by atoms with Gasteiger partial charge >= 0.3 is 0 Å². The quantitative estimate of drug-likeness (QED) is 0.650. The summed E-state index contributed by atoms with van der Waals surface area (Å²) in [4.78, 5) is 22.2. The third kappa shape index (κ3) is 2.81. The van der Waals surface area contributed by atoms with Crippen molar-refractivity contribution in [1.29, 1.82) is 0 Å². The fourth-order valence-corrected chi connectivity index (χ4v) is 1.61. The van der Waals surface area contributed by atoms with Crippen LogP contribution in [0.4, 0.5) is 0 Å². The van der Waals surface area contributed by atoms with Gasteiger partial charge in [0.05, 0.1) is 0 Å². The van der Waals surface area contributed by atoms with Gasteiger partial charge in [0, 0.05) is 26.6 Å². The molecule has 1 aliphatic rings. The smallest absolute Gasteiger partial charge is 0.227 e. The van der Waals surface area contributed by atoms with Crippen molar-refractivity contribution in [3.05, 3.63) is 0 Å². The second-order valence-corrected chi connectivity index (χ2v) is 3.88. The average molecular weight is 185 g/mol. The number of carbonyl (C=O) groups is 2. The zero-order chi connectivity index (χ0) is 9.90. The molecule has 1 heterocycles. The predicted molar refractivity (Wildman–Crippen MR) is 47.0 cm³/mol. The van der Waals surface area contributed by atoms with Gasteiger partial charge in [0.15, 0.2) is 0 Å². The number of methoxy groups -OCH3 is 1. The number of carbonyl (C=O) groups excluding carboxylic acids is 2. The topological polar surface area (TPSA) is 55.4 Å². The SMILES string of the molecule is COCCC1(C)CC(=O)NC(=O)C1. The average Bonchev–Trinajstić information content (AvgIpc) is 1.98. The van der Waals surface area contributed by atoms with E-state index in [2.05, 4.69) is 5.32 Å². The van der Waals surface area contributed by atoms with E-state index in [0.717, 1.165) is 6.42 Å². The minimum absolute atomic E-state index is 0.171. The van der Waals surface area contributed by atoms with E-state index in [1.165, 1.54) is 0 Å². The van der Waals surface area contributed by atoms with Crippen molar-refractivity contribution in [2.24, 2.45) is 5.41 Å². The summed E-state index contributed by atoms with van der Waals surface area (Å²) in [5, 5.41) is 2.29. The van der Waals surface area contributed by atoms with Gasteiger partial charge in [-0.2, -0.15) is 0 Å². The molecule has 0 aromatic carbocycles. The fraction of sp³-hybridized carbons (Fsp3) is 0.778. The first-order valence-corrected chi connectivity index (χ1v) is 4.37. The maximum absolute atomic E-state index is 11.1. The Hall–Kier alpha value is -0.900. The van der Waals surface area contributed by atoms with Gasteiger partial charge in [0.2, 0.25) is 11.8 Å². The molecule has 0 spiro atoms. The molecule has 0 saturated carbocycles. The van der Waals surface area contributed by atoms with Crippen molar-refractivity contribution >= 4 is 11.8 Å². The molecule has 0 radical (unpaired) electrons. The van der Waals surface area contributed by atoms with Crippen molar-refractivity contribution in [2.45, 2.75) is 26.2 Å². The summed E-state index contributed by atoms with van der Waals surface area (Å²) >= 11 is 0. The molecule has 1 N–H and O–H groups in total. The van der Waals surface area contributed by atoms with Crippen LogP contribution < -0.4 is 5.32 Å². The maximum atomic E-state index is 11.1. The number of imide groups is 1. The Labute approximate surface area is 77.6 Å². The number of nitrogens with one attached hydrogen (secondary N) is 1. The van der Waals surface area contributed by atoms with Crippen LogP contribution in [-0.2, 0) is 14.3 Å². The summed E-state index contributed by atoms with van der Waals surface area (Å²) in [7, 11) is 1.62. The lowest BCUT2D eigenvalue weighted by Crippen LogP contribution is -2.43. The van der Waals surface area contributed by atoms with Crippen molar-refractivity contribution in [3.8, 4) is 0 Å². The number of rotatable bonds is 3. The molecule has 0 bridgehead atoms. The van der Waals surface area contributed by atoms with Crippen LogP contribution in [0.5, 0.6) is 0 Å². The molecule has 0 aromatic heterocycles. The summed E-state index contributed by atoms with van der Waals surface area (Å²) in [6.07, 6.45) is 1.59. The molecule has 4 nitrogen and oxygen atoms in total. The number of hydrogen-bond donors (Lipinski definition) is 1. The summed E-state index contributed by atoms with van der Waals surface area (Å²) < 4.78 is 4.94. The van der Waals surface area contributed by atoms with Crippen molar-refractivity contribution in [2.75, 3.05) is 13.7 Å². The zero-order valence-corrected chi connectivity index (χ0v) is 8.05. The van der Waals surface area contributed by atoms with E-state index in [-0.39, 0.29) is 17.2 Å². The predicted octanol–water partition coefficient (Wildman–Crippen LogP) is 0.466. The summed E-state index contributed by atoms with van der Waals surface area (Å²) in [5.41, 5.74) is -0.213. The zero-order valence-electron chi connectivity index (χ0n) is 8.05. The molecule has 0 unspecified atom stereocenters. The highest BCUT2D eigenvalue weighted by Crippen LogP contribution is 2.32. The van der Waals surface area contributed by atoms with Gasteiger partial charge in [-0.05, 0) is 11.8 Å². The first kappa shape index (κ1) is 10.2. The molecule has 13 heavy (non-hydrogen) atoms. The van der Waals surface area contributed by atoms with E-state index in [4.69, 9.17) is 4.74 Å². The van der Waals surface area contributed by atoms with Gasteiger partial charge in [-0.1, -0.05) is 6.92 Å². The Balaban J connectivity index is 2.55. The van der Waals surface area contributed by atoms with Crippen LogP contribution in [0.15, 0.2) is 0 Å². The fourth-order valence-electron chi connectivity index (χ4n) is 1.61. The van der Waals surface area contributed by atoms with E-state index in [0.29, 0.717) is 19.4 Å². The monoisotopic (exact) mass is 185 g/mol. The van der Waals surface area contributed by atoms with Crippen LogP contribution in [0.25, 0.3) is 0 Å². The minimum Gasteiger partial charge on any atom is -0.385 e. The Morgan fingerprint density at radius 1 is 1.38 bits per heavy atom. The van der Waals surface area contributed by atoms with Crippen LogP contribution >= 0.6 is 0 Å². The molecule has 4 heteroatoms. The van der Waals surface area contributed by atoms with E-state index >= 15 is 0 Å². The van der Waals surface area contributed by atoms with Crippen molar-refractivity contribution in [1.82, 2.24) is 5.32 Å². The van der Waals surface area contributed by atoms with Crippen molar-refractivity contribution in [3.63, 3.8) is 0 Å². The molecule has 2 amide bonds. The second-order valence-electron chi connectivity index (χ2n) is 3.88. The Morgan fingerprint density at radius 3 is 2.38 bits per heavy atom. The van der Waals surface area contributed by atoms with E-state index in [9.17, 15) is 9.59 Å². The van der Waals surface area contributed by atoms with Gasteiger partial charge in [-0.25, -0.2) is 0 Å². The lowest BCUT2D eigenvalue weighted by molar-refractivity contribution is -0.137. The maximum Gasteiger partial charge on any atom is 0.227 e. The van der Waals surface area contributed by atoms with Crippen molar-refractivity contribution < 1.29 is 14.3 Å². The molecule has 1 rings (SSSR count). The third-order valence-corrected chi connectivity index (χ3v) is 2.36. The summed E-state index contributed by atoms with van der Waals surface area (Å²) in [6, 6.07) is 0. The Bertz CT molecular complexity index is 209. The molecular formula is C9H15NO3. The first-order valence-electron chi connectivity index (χ1n) is 4.37. The number of piperidine rings is 1. The lowest BCUT2D eigenvalue weighted by atomic mass is 9.78. The van der Waals surface area contributed by atoms with Crippen LogP contribution in [0.1, 0.15) is 26.2 Å². The molecule has 0 aromatic rings. The minimum atomic E-state index is -0.213. The van der Waals surface area contributed by atoms with Crippen LogP contribution in [0.3, 0.4) is 0 Å². The summed E-state index contributed by atoms with van der Waals surface area (Å²) in [6.45, 7) is 2.54. The Morgan fingerprint density at radius 2 is 1.92 bits per heavy atom. The number of ether oxygens (including phenoxy) is 1. The first-order chi connectivity index (χ1) is 6.06. The standard InChI is InChI=1S/C9H15NO3/c1-9(3-4-13-2)5-7(11)10-8(12)6-9/h3-6H2,1-2H3,(H,10,11,12). The highest BCUT2D eigenvalue weighted by atomic mass is 16.5. The third-order valence-electron chi connectivity index (χ3n) is 2.36. The highest BCUT2D eigenvalue weighted by Gasteiger charge is 2.34. The largest absolute Gasteiger partial charge is 0.385 e. The molecule has 74 valence electrons. The summed E-state index contributed by atoms with van der Waals surface area (Å²) in [5.74, 6) is -0.343. The second kappa shape index (κ2) is 3.87. The Kier molecular flexibility index (Phi) is 3.03. The van der Waals surface area contributed by atoms with Gasteiger partial charge in [-0.3, -0.25) is 14.9 Å². The van der Waals surface area contributed by atoms with Gasteiger partial charge < -0.3 is 4.74 Å². The van der Waals surface area contributed by atoms with E-state index in [1.807, 2.05) is 6.92 Å². The normalized spacial score (nSPS) is 21.4. The van der Waals surface area contributed by atoms with E-state index < -0.39 is 0 Å².